The van der Waals surface area contributed by atoms with Gasteiger partial charge < -0.3 is 5.32 Å². The van der Waals surface area contributed by atoms with Crippen molar-refractivity contribution in [2.24, 2.45) is 5.92 Å². The van der Waals surface area contributed by atoms with Crippen LogP contribution in [0.3, 0.4) is 0 Å². The van der Waals surface area contributed by atoms with Crippen molar-refractivity contribution in [2.75, 3.05) is 0 Å². The Morgan fingerprint density at radius 2 is 2.12 bits per heavy atom. The van der Waals surface area contributed by atoms with E-state index in [2.05, 4.69) is 57.9 Å². The highest BCUT2D eigenvalue weighted by molar-refractivity contribution is 9.13. The molecular formula is C12H17Br2NOS. The van der Waals surface area contributed by atoms with Crippen molar-refractivity contribution in [3.63, 3.8) is 0 Å². The number of halogens is 2. The summed E-state index contributed by atoms with van der Waals surface area (Å²) in [5.74, 6) is 0.657. The summed E-state index contributed by atoms with van der Waals surface area (Å²) in [5.41, 5.74) is 0. The summed E-state index contributed by atoms with van der Waals surface area (Å²) < 4.78 is 1.89. The molecule has 2 nitrogen and oxygen atoms in total. The van der Waals surface area contributed by atoms with Crippen molar-refractivity contribution < 1.29 is 4.79 Å². The summed E-state index contributed by atoms with van der Waals surface area (Å²) in [6.45, 7) is 6.44. The number of hydrogen-bond acceptors (Lipinski definition) is 2. The van der Waals surface area contributed by atoms with Crippen LogP contribution >= 0.6 is 43.2 Å². The molecule has 2 atom stereocenters. The molecule has 1 rings (SSSR count). The van der Waals surface area contributed by atoms with Crippen LogP contribution in [-0.2, 0) is 0 Å². The van der Waals surface area contributed by atoms with Crippen molar-refractivity contribution in [1.82, 2.24) is 5.32 Å². The second kappa shape index (κ2) is 6.90. The molecule has 17 heavy (non-hydrogen) atoms. The lowest BCUT2D eigenvalue weighted by Gasteiger charge is -2.16. The molecule has 0 saturated carbocycles. The summed E-state index contributed by atoms with van der Waals surface area (Å²) in [6, 6.07) is 2.07. The number of nitrogens with one attached hydrogen (secondary N) is 1. The Morgan fingerprint density at radius 3 is 2.59 bits per heavy atom. The van der Waals surface area contributed by atoms with Crippen molar-refractivity contribution in [3.05, 3.63) is 19.2 Å². The zero-order valence-electron chi connectivity index (χ0n) is 10.2. The van der Waals surface area contributed by atoms with Gasteiger partial charge in [-0.3, -0.25) is 4.79 Å². The van der Waals surface area contributed by atoms with Gasteiger partial charge in [-0.25, -0.2) is 0 Å². The lowest BCUT2D eigenvalue weighted by Crippen LogP contribution is -2.33. The molecule has 1 N–H and O–H groups in total. The highest BCUT2D eigenvalue weighted by Gasteiger charge is 2.15. The number of carbonyl (C=O) groups excluding carboxylic acids is 1. The monoisotopic (exact) mass is 381 g/mol. The molecule has 0 aromatic carbocycles. The van der Waals surface area contributed by atoms with Crippen molar-refractivity contribution in [1.29, 1.82) is 0 Å². The minimum absolute atomic E-state index is 0.0113. The van der Waals surface area contributed by atoms with Crippen LogP contribution in [0.5, 0.6) is 0 Å². The lowest BCUT2D eigenvalue weighted by atomic mass is 10.0. The molecule has 0 aliphatic heterocycles. The third-order valence-electron chi connectivity index (χ3n) is 2.70. The predicted molar refractivity (Wildman–Crippen MR) is 80.7 cm³/mol. The van der Waals surface area contributed by atoms with E-state index in [4.69, 9.17) is 0 Å². The quantitative estimate of drug-likeness (QED) is 0.776. The highest BCUT2D eigenvalue weighted by Crippen LogP contribution is 2.32. The fraction of sp³-hybridized carbons (Fsp3) is 0.583. The average Bonchev–Trinajstić information content (AvgIpc) is 2.59. The molecule has 1 aromatic rings. The molecule has 1 aromatic heterocycles. The molecule has 1 heterocycles. The first-order valence-corrected chi connectivity index (χ1v) is 8.10. The van der Waals surface area contributed by atoms with E-state index in [1.54, 1.807) is 0 Å². The molecule has 0 fully saturated rings. The van der Waals surface area contributed by atoms with E-state index in [0.717, 1.165) is 26.0 Å². The number of rotatable bonds is 5. The number of thiophene rings is 1. The van der Waals surface area contributed by atoms with Gasteiger partial charge in [-0.1, -0.05) is 20.3 Å². The van der Waals surface area contributed by atoms with Crippen LogP contribution < -0.4 is 5.32 Å². The van der Waals surface area contributed by atoms with Crippen LogP contribution in [0.25, 0.3) is 0 Å². The summed E-state index contributed by atoms with van der Waals surface area (Å²) in [4.78, 5) is 12.7. The van der Waals surface area contributed by atoms with Gasteiger partial charge in [0.25, 0.3) is 5.91 Å². The molecule has 0 radical (unpaired) electrons. The molecule has 1 amide bonds. The fourth-order valence-electron chi connectivity index (χ4n) is 1.58. The van der Waals surface area contributed by atoms with Gasteiger partial charge in [-0.05, 0) is 57.2 Å². The third kappa shape index (κ3) is 4.72. The molecule has 5 heteroatoms. The van der Waals surface area contributed by atoms with Crippen molar-refractivity contribution in [2.45, 2.75) is 39.7 Å². The van der Waals surface area contributed by atoms with Gasteiger partial charge in [0, 0.05) is 10.5 Å². The Morgan fingerprint density at radius 1 is 1.47 bits per heavy atom. The molecule has 0 aliphatic carbocycles. The van der Waals surface area contributed by atoms with E-state index in [-0.39, 0.29) is 11.9 Å². The third-order valence-corrected chi connectivity index (χ3v) is 5.95. The van der Waals surface area contributed by atoms with Crippen molar-refractivity contribution >= 4 is 49.1 Å². The van der Waals surface area contributed by atoms with Gasteiger partial charge in [0.1, 0.15) is 0 Å². The van der Waals surface area contributed by atoms with Gasteiger partial charge in [0.2, 0.25) is 0 Å². The maximum Gasteiger partial charge on any atom is 0.261 e. The number of amides is 1. The second-order valence-corrected chi connectivity index (χ2v) is 7.58. The summed E-state index contributed by atoms with van der Waals surface area (Å²) in [7, 11) is 0. The number of hydrogen-bond donors (Lipinski definition) is 1. The smallest absolute Gasteiger partial charge is 0.261 e. The predicted octanol–water partition coefficient (Wildman–Crippen LogP) is 4.83. The fourth-order valence-corrected chi connectivity index (χ4v) is 3.52. The minimum atomic E-state index is 0.0113. The summed E-state index contributed by atoms with van der Waals surface area (Å²) >= 11 is 8.23. The SMILES string of the molecule is CCC(C)CC(C)NC(=O)c1cc(Br)c(Br)s1. The highest BCUT2D eigenvalue weighted by atomic mass is 79.9. The van der Waals surface area contributed by atoms with Crippen LogP contribution in [0.15, 0.2) is 14.3 Å². The van der Waals surface area contributed by atoms with E-state index in [1.807, 2.05) is 6.07 Å². The molecule has 0 aliphatic rings. The van der Waals surface area contributed by atoms with E-state index < -0.39 is 0 Å². The standard InChI is InChI=1S/C12H17Br2NOS/c1-4-7(2)5-8(3)15-12(16)10-6-9(13)11(14)17-10/h6-8H,4-5H2,1-3H3,(H,15,16). The van der Waals surface area contributed by atoms with Crippen molar-refractivity contribution in [3.8, 4) is 0 Å². The maximum absolute atomic E-state index is 11.9. The zero-order chi connectivity index (χ0) is 13.0. The van der Waals surface area contributed by atoms with E-state index in [0.29, 0.717) is 5.92 Å². The van der Waals surface area contributed by atoms with E-state index >= 15 is 0 Å². The Hall–Kier alpha value is 0.130. The van der Waals surface area contributed by atoms with E-state index in [9.17, 15) is 4.79 Å². The Balaban J connectivity index is 2.54. The summed E-state index contributed by atoms with van der Waals surface area (Å²) in [6.07, 6.45) is 2.17. The molecule has 0 saturated heterocycles. The maximum atomic E-state index is 11.9. The van der Waals surface area contributed by atoms with Crippen LogP contribution in [-0.4, -0.2) is 11.9 Å². The Bertz CT molecular complexity index is 372. The molecule has 2 unspecified atom stereocenters. The zero-order valence-corrected chi connectivity index (χ0v) is 14.2. The first-order chi connectivity index (χ1) is 7.93. The Labute approximate surface area is 123 Å². The van der Waals surface area contributed by atoms with Gasteiger partial charge in [0.05, 0.1) is 8.66 Å². The van der Waals surface area contributed by atoms with Gasteiger partial charge in [0.15, 0.2) is 0 Å². The normalized spacial score (nSPS) is 14.4. The lowest BCUT2D eigenvalue weighted by molar-refractivity contribution is 0.0939. The molecular weight excluding hydrogens is 366 g/mol. The minimum Gasteiger partial charge on any atom is -0.349 e. The van der Waals surface area contributed by atoms with Gasteiger partial charge in [-0.2, -0.15) is 0 Å². The molecule has 96 valence electrons. The molecule has 0 spiro atoms. The second-order valence-electron chi connectivity index (χ2n) is 4.36. The first kappa shape index (κ1) is 15.2. The first-order valence-electron chi connectivity index (χ1n) is 5.69. The van der Waals surface area contributed by atoms with Crippen LogP contribution in [0.4, 0.5) is 0 Å². The largest absolute Gasteiger partial charge is 0.349 e. The molecule has 0 bridgehead atoms. The number of carbonyl (C=O) groups is 1. The van der Waals surface area contributed by atoms with Crippen LogP contribution in [0.2, 0.25) is 0 Å². The van der Waals surface area contributed by atoms with Crippen LogP contribution in [0, 0.1) is 5.92 Å². The average molecular weight is 383 g/mol. The van der Waals surface area contributed by atoms with E-state index in [1.165, 1.54) is 11.3 Å². The van der Waals surface area contributed by atoms with Crippen LogP contribution in [0.1, 0.15) is 43.3 Å². The summed E-state index contributed by atoms with van der Waals surface area (Å²) in [5, 5.41) is 3.03. The van der Waals surface area contributed by atoms with Gasteiger partial charge >= 0.3 is 0 Å². The Kier molecular flexibility index (Phi) is 6.17. The topological polar surface area (TPSA) is 29.1 Å². The van der Waals surface area contributed by atoms with Gasteiger partial charge in [-0.15, -0.1) is 11.3 Å².